The van der Waals surface area contributed by atoms with Crippen LogP contribution in [-0.4, -0.2) is 63.6 Å². The zero-order chi connectivity index (χ0) is 20.1. The summed E-state index contributed by atoms with van der Waals surface area (Å²) in [6.45, 7) is 3.41. The van der Waals surface area contributed by atoms with Crippen LogP contribution in [0.25, 0.3) is 0 Å². The lowest BCUT2D eigenvalue weighted by Crippen LogP contribution is -2.70. The number of benzene rings is 1. The third kappa shape index (κ3) is 3.42. The zero-order valence-electron chi connectivity index (χ0n) is 14.4. The highest BCUT2D eigenvalue weighted by Crippen LogP contribution is 2.50. The number of amides is 1. The summed E-state index contributed by atoms with van der Waals surface area (Å²) < 4.78 is 26.7. The largest absolute Gasteiger partial charge is 0.481 e. The molecular formula is C16H18N2O7S2. The van der Waals surface area contributed by atoms with Gasteiger partial charge in [0.1, 0.15) is 17.5 Å². The smallest absolute Gasteiger partial charge is 0.327 e. The molecule has 3 N–H and O–H groups in total. The highest BCUT2D eigenvalue weighted by Gasteiger charge is 2.64. The standard InChI is InChI=1S/C16H18N2O7S2/c1-16(2)12(15(22)23)18-13(21)11(14(18)26-16)17-27(24,25)9-5-3-8(4-6-9)7-10(19)20/h3-6,11-12,14,17H,7H2,1-2H3,(H,19,20)(H,22,23)/t11-,12?,14-/m1/s1. The van der Waals surface area contributed by atoms with Gasteiger partial charge in [-0.2, -0.15) is 4.72 Å². The summed E-state index contributed by atoms with van der Waals surface area (Å²) in [5.74, 6) is -2.73. The number of hydrogen-bond acceptors (Lipinski definition) is 6. The molecule has 146 valence electrons. The fourth-order valence-corrected chi connectivity index (χ4v) is 6.22. The molecule has 3 rings (SSSR count). The van der Waals surface area contributed by atoms with Crippen molar-refractivity contribution >= 4 is 39.6 Å². The molecule has 11 heteroatoms. The Balaban J connectivity index is 1.77. The molecule has 0 aromatic heterocycles. The van der Waals surface area contributed by atoms with Gasteiger partial charge < -0.3 is 15.1 Å². The third-order valence-corrected chi connectivity index (χ3v) is 7.57. The Morgan fingerprint density at radius 1 is 1.22 bits per heavy atom. The first-order valence-corrected chi connectivity index (χ1v) is 10.4. The van der Waals surface area contributed by atoms with Crippen LogP contribution in [-0.2, 0) is 30.8 Å². The number of rotatable bonds is 6. The highest BCUT2D eigenvalue weighted by molar-refractivity contribution is 8.01. The van der Waals surface area contributed by atoms with Crippen molar-refractivity contribution in [3.8, 4) is 0 Å². The van der Waals surface area contributed by atoms with Gasteiger partial charge in [0.15, 0.2) is 0 Å². The van der Waals surface area contributed by atoms with E-state index in [1.54, 1.807) is 13.8 Å². The van der Waals surface area contributed by atoms with E-state index in [-0.39, 0.29) is 11.3 Å². The van der Waals surface area contributed by atoms with Crippen molar-refractivity contribution in [3.05, 3.63) is 29.8 Å². The quantitative estimate of drug-likeness (QED) is 0.557. The monoisotopic (exact) mass is 414 g/mol. The maximum absolute atomic E-state index is 12.6. The minimum absolute atomic E-state index is 0.0973. The van der Waals surface area contributed by atoms with Gasteiger partial charge in [-0.15, -0.1) is 11.8 Å². The molecular weight excluding hydrogens is 396 g/mol. The summed E-state index contributed by atoms with van der Waals surface area (Å²) in [5, 5.41) is 17.6. The number of carbonyl (C=O) groups excluding carboxylic acids is 1. The summed E-state index contributed by atoms with van der Waals surface area (Å²) >= 11 is 1.24. The molecule has 2 aliphatic heterocycles. The SMILES string of the molecule is CC1(C)S[C@@H]2[C@H](NS(=O)(=O)c3ccc(CC(=O)O)cc3)C(=O)N2C1C(=O)O. The summed E-state index contributed by atoms with van der Waals surface area (Å²) in [6, 6.07) is 3.27. The topological polar surface area (TPSA) is 141 Å². The van der Waals surface area contributed by atoms with E-state index in [4.69, 9.17) is 5.11 Å². The van der Waals surface area contributed by atoms with E-state index >= 15 is 0 Å². The summed E-state index contributed by atoms with van der Waals surface area (Å²) in [5.41, 5.74) is 0.449. The summed E-state index contributed by atoms with van der Waals surface area (Å²) in [4.78, 5) is 35.7. The van der Waals surface area contributed by atoms with Crippen LogP contribution in [0.4, 0.5) is 0 Å². The molecule has 2 heterocycles. The molecule has 0 bridgehead atoms. The Kier molecular flexibility index (Phi) is 4.73. The van der Waals surface area contributed by atoms with Crippen molar-refractivity contribution in [1.29, 1.82) is 0 Å². The Bertz CT molecular complexity index is 911. The van der Waals surface area contributed by atoms with Crippen molar-refractivity contribution in [2.75, 3.05) is 0 Å². The summed E-state index contributed by atoms with van der Waals surface area (Å²) in [7, 11) is -4.02. The fraction of sp³-hybridized carbons (Fsp3) is 0.438. The zero-order valence-corrected chi connectivity index (χ0v) is 16.1. The number of carboxylic acids is 2. The van der Waals surface area contributed by atoms with Gasteiger partial charge in [0.25, 0.3) is 0 Å². The van der Waals surface area contributed by atoms with E-state index in [2.05, 4.69) is 4.72 Å². The molecule has 0 saturated carbocycles. The number of β-lactam (4-membered cyclic amide) rings is 1. The number of carbonyl (C=O) groups is 3. The minimum atomic E-state index is -4.02. The van der Waals surface area contributed by atoms with Gasteiger partial charge in [-0.05, 0) is 31.5 Å². The van der Waals surface area contributed by atoms with Gasteiger partial charge in [0, 0.05) is 4.75 Å². The van der Waals surface area contributed by atoms with Crippen molar-refractivity contribution in [1.82, 2.24) is 9.62 Å². The van der Waals surface area contributed by atoms with Crippen LogP contribution in [0.15, 0.2) is 29.2 Å². The maximum atomic E-state index is 12.6. The van der Waals surface area contributed by atoms with E-state index in [1.165, 1.54) is 40.9 Å². The maximum Gasteiger partial charge on any atom is 0.327 e. The van der Waals surface area contributed by atoms with Gasteiger partial charge in [0.05, 0.1) is 11.3 Å². The Morgan fingerprint density at radius 2 is 1.81 bits per heavy atom. The molecule has 1 amide bonds. The fourth-order valence-electron chi connectivity index (χ4n) is 3.32. The minimum Gasteiger partial charge on any atom is -0.481 e. The first-order chi connectivity index (χ1) is 12.4. The molecule has 0 spiro atoms. The number of carboxylic acid groups (broad SMARTS) is 2. The van der Waals surface area contributed by atoms with Gasteiger partial charge >= 0.3 is 11.9 Å². The lowest BCUT2D eigenvalue weighted by atomic mass is 9.96. The number of thioether (sulfide) groups is 1. The van der Waals surface area contributed by atoms with Crippen LogP contribution in [0.1, 0.15) is 19.4 Å². The molecule has 9 nitrogen and oxygen atoms in total. The predicted molar refractivity (Wildman–Crippen MR) is 95.6 cm³/mol. The van der Waals surface area contributed by atoms with Crippen molar-refractivity contribution < 1.29 is 33.0 Å². The second-order valence-electron chi connectivity index (χ2n) is 6.91. The molecule has 0 aliphatic carbocycles. The molecule has 0 radical (unpaired) electrons. The number of hydrogen-bond donors (Lipinski definition) is 3. The molecule has 2 saturated heterocycles. The van der Waals surface area contributed by atoms with E-state index in [0.717, 1.165) is 0 Å². The van der Waals surface area contributed by atoms with E-state index in [0.29, 0.717) is 5.56 Å². The van der Waals surface area contributed by atoms with Crippen LogP contribution in [0.3, 0.4) is 0 Å². The molecule has 27 heavy (non-hydrogen) atoms. The van der Waals surface area contributed by atoms with Crippen LogP contribution < -0.4 is 4.72 Å². The number of nitrogens with one attached hydrogen (secondary N) is 1. The van der Waals surface area contributed by atoms with Gasteiger partial charge in [0.2, 0.25) is 15.9 Å². The van der Waals surface area contributed by atoms with Gasteiger partial charge in [-0.3, -0.25) is 9.59 Å². The van der Waals surface area contributed by atoms with E-state index in [9.17, 15) is 27.9 Å². The lowest BCUT2D eigenvalue weighted by Gasteiger charge is -2.43. The number of sulfonamides is 1. The number of aliphatic carboxylic acids is 2. The third-order valence-electron chi connectivity index (χ3n) is 4.55. The molecule has 2 aliphatic rings. The molecule has 2 fully saturated rings. The molecule has 1 aromatic rings. The second-order valence-corrected chi connectivity index (χ2v) is 10.4. The molecule has 1 aromatic carbocycles. The van der Waals surface area contributed by atoms with Crippen LogP contribution in [0, 0.1) is 0 Å². The average molecular weight is 414 g/mol. The highest BCUT2D eigenvalue weighted by atomic mass is 32.2. The number of nitrogens with zero attached hydrogens (tertiary/aromatic N) is 1. The normalized spacial score (nSPS) is 26.4. The van der Waals surface area contributed by atoms with E-state index in [1.807, 2.05) is 0 Å². The van der Waals surface area contributed by atoms with Crippen molar-refractivity contribution in [3.63, 3.8) is 0 Å². The Hall–Kier alpha value is -2.11. The lowest BCUT2D eigenvalue weighted by molar-refractivity contribution is -0.159. The van der Waals surface area contributed by atoms with Gasteiger partial charge in [-0.25, -0.2) is 13.2 Å². The molecule has 1 unspecified atom stereocenters. The van der Waals surface area contributed by atoms with Crippen molar-refractivity contribution in [2.24, 2.45) is 0 Å². The van der Waals surface area contributed by atoms with Crippen molar-refractivity contribution in [2.45, 2.75) is 47.4 Å². The molecule has 3 atom stereocenters. The Morgan fingerprint density at radius 3 is 2.33 bits per heavy atom. The van der Waals surface area contributed by atoms with Crippen LogP contribution >= 0.6 is 11.8 Å². The van der Waals surface area contributed by atoms with Crippen LogP contribution in [0.2, 0.25) is 0 Å². The second kappa shape index (κ2) is 6.50. The summed E-state index contributed by atoms with van der Waals surface area (Å²) in [6.07, 6.45) is -0.228. The first kappa shape index (κ1) is 19.6. The van der Waals surface area contributed by atoms with Gasteiger partial charge in [-0.1, -0.05) is 12.1 Å². The average Bonchev–Trinajstić information content (AvgIpc) is 2.81. The van der Waals surface area contributed by atoms with Crippen LogP contribution in [0.5, 0.6) is 0 Å². The first-order valence-electron chi connectivity index (χ1n) is 8.00. The number of fused-ring (bicyclic) bond motifs is 1. The predicted octanol–water partition coefficient (Wildman–Crippen LogP) is 0.108. The van der Waals surface area contributed by atoms with E-state index < -0.39 is 50.1 Å². The Labute approximate surface area is 159 Å².